The molecule has 0 heterocycles. The second-order valence-electron chi connectivity index (χ2n) is 4.06. The van der Waals surface area contributed by atoms with E-state index in [1.54, 1.807) is 0 Å². The molecule has 0 aliphatic rings. The third-order valence-corrected chi connectivity index (χ3v) is 4.20. The lowest BCUT2D eigenvalue weighted by Gasteiger charge is -2.13. The third kappa shape index (κ3) is 7.44. The van der Waals surface area contributed by atoms with Crippen molar-refractivity contribution < 1.29 is 38.9 Å². The molecular formula is C8H11N3O9S3. The Labute approximate surface area is 131 Å². The van der Waals surface area contributed by atoms with Gasteiger partial charge in [-0.3, -0.25) is 13.7 Å². The Hall–Kier alpha value is -1.65. The van der Waals surface area contributed by atoms with Crippen LogP contribution in [0.1, 0.15) is 0 Å². The molecule has 23 heavy (non-hydrogen) atoms. The van der Waals surface area contributed by atoms with Crippen molar-refractivity contribution in [3.8, 4) is 0 Å². The minimum Gasteiger partial charge on any atom is -0.284 e. The van der Waals surface area contributed by atoms with Crippen LogP contribution in [-0.4, -0.2) is 55.7 Å². The van der Waals surface area contributed by atoms with E-state index in [0.717, 1.165) is 12.1 Å². The number of rotatable bonds is 7. The lowest BCUT2D eigenvalue weighted by atomic mass is 10.3. The summed E-state index contributed by atoms with van der Waals surface area (Å²) in [5.41, 5.74) is -0.425. The Balaban J connectivity index is 3.21. The summed E-state index contributed by atoms with van der Waals surface area (Å²) in [5, 5.41) is 6.60. The molecule has 0 unspecified atom stereocenters. The predicted octanol–water partition coefficient (Wildman–Crippen LogP) is -0.0754. The normalized spacial score (nSPS) is 13.3. The van der Waals surface area contributed by atoms with Crippen LogP contribution in [0.4, 0.5) is 5.69 Å². The summed E-state index contributed by atoms with van der Waals surface area (Å²) in [4.78, 5) is -0.664. The molecule has 0 aliphatic carbocycles. The molecule has 12 nitrogen and oxygen atoms in total. The smallest absolute Gasteiger partial charge is 0.284 e. The number of hydrogen-bond donors (Lipinski definition) is 3. The maximum Gasteiger partial charge on any atom is 0.296 e. The maximum absolute atomic E-state index is 11.1. The molecule has 0 bridgehead atoms. The standard InChI is InChI=1S/C8H11N3O9S3/c12-21(13,14)5-11(6-22(15,16)17)10-9-7-3-1-2-4-8(7)23(18,19)20/h1-4H,5-6H2,(H,12,13,14)(H,15,16,17)(H,18,19,20). The summed E-state index contributed by atoms with van der Waals surface area (Å²) < 4.78 is 91.7. The zero-order valence-corrected chi connectivity index (χ0v) is 13.5. The lowest BCUT2D eigenvalue weighted by molar-refractivity contribution is 0.327. The monoisotopic (exact) mass is 389 g/mol. The molecule has 0 aromatic heterocycles. The summed E-state index contributed by atoms with van der Waals surface area (Å²) in [6.45, 7) is 0. The molecule has 3 N–H and O–H groups in total. The fraction of sp³-hybridized carbons (Fsp3) is 0.250. The first-order valence-corrected chi connectivity index (χ1v) is 10.1. The zero-order valence-electron chi connectivity index (χ0n) is 11.1. The van der Waals surface area contributed by atoms with Crippen molar-refractivity contribution in [1.82, 2.24) is 5.01 Å². The van der Waals surface area contributed by atoms with E-state index in [2.05, 4.69) is 10.3 Å². The molecule has 0 spiro atoms. The van der Waals surface area contributed by atoms with Crippen LogP contribution in [0.25, 0.3) is 0 Å². The second-order valence-corrected chi connectivity index (χ2v) is 8.29. The second kappa shape index (κ2) is 6.85. The first-order valence-electron chi connectivity index (χ1n) is 5.41. The summed E-state index contributed by atoms with van der Waals surface area (Å²) in [5.74, 6) is -2.66. The van der Waals surface area contributed by atoms with Crippen molar-refractivity contribution in [3.05, 3.63) is 24.3 Å². The van der Waals surface area contributed by atoms with Crippen molar-refractivity contribution in [1.29, 1.82) is 0 Å². The van der Waals surface area contributed by atoms with Crippen LogP contribution in [0.3, 0.4) is 0 Å². The summed E-state index contributed by atoms with van der Waals surface area (Å²) in [6, 6.07) is 4.64. The van der Waals surface area contributed by atoms with Crippen molar-refractivity contribution in [2.75, 3.05) is 11.8 Å². The van der Waals surface area contributed by atoms with Gasteiger partial charge < -0.3 is 0 Å². The van der Waals surface area contributed by atoms with Crippen LogP contribution in [0.5, 0.6) is 0 Å². The summed E-state index contributed by atoms with van der Waals surface area (Å²) in [6.07, 6.45) is 0. The Morgan fingerprint density at radius 1 is 0.870 bits per heavy atom. The van der Waals surface area contributed by atoms with Gasteiger partial charge in [-0.05, 0) is 12.1 Å². The molecule has 0 aliphatic heterocycles. The van der Waals surface area contributed by atoms with Crippen molar-refractivity contribution in [2.45, 2.75) is 4.90 Å². The Bertz CT molecular complexity index is 871. The van der Waals surface area contributed by atoms with Crippen LogP contribution in [0, 0.1) is 0 Å². The van der Waals surface area contributed by atoms with Crippen LogP contribution < -0.4 is 0 Å². The molecular weight excluding hydrogens is 378 g/mol. The molecule has 0 fully saturated rings. The first kappa shape index (κ1) is 19.4. The SMILES string of the molecule is O=S(=O)(O)CN(CS(=O)(=O)O)N=Nc1ccccc1S(=O)(=O)O. The van der Waals surface area contributed by atoms with Gasteiger partial charge in [0.2, 0.25) is 0 Å². The van der Waals surface area contributed by atoms with Gasteiger partial charge in [0.25, 0.3) is 30.4 Å². The van der Waals surface area contributed by atoms with E-state index < -0.39 is 52.7 Å². The highest BCUT2D eigenvalue weighted by molar-refractivity contribution is 7.86. The van der Waals surface area contributed by atoms with Gasteiger partial charge in [0.1, 0.15) is 10.6 Å². The highest BCUT2D eigenvalue weighted by atomic mass is 32.2. The van der Waals surface area contributed by atoms with Crippen LogP contribution >= 0.6 is 0 Å². The molecule has 130 valence electrons. The van der Waals surface area contributed by atoms with Crippen molar-refractivity contribution in [2.24, 2.45) is 10.3 Å². The number of nitrogens with zero attached hydrogens (tertiary/aromatic N) is 3. The van der Waals surface area contributed by atoms with Gasteiger partial charge in [-0.25, -0.2) is 5.01 Å². The fourth-order valence-corrected chi connectivity index (χ4v) is 3.11. The van der Waals surface area contributed by atoms with E-state index in [1.807, 2.05) is 0 Å². The Kier molecular flexibility index (Phi) is 5.78. The third-order valence-electron chi connectivity index (χ3n) is 2.05. The largest absolute Gasteiger partial charge is 0.296 e. The van der Waals surface area contributed by atoms with Gasteiger partial charge >= 0.3 is 0 Å². The highest BCUT2D eigenvalue weighted by Gasteiger charge is 2.19. The van der Waals surface area contributed by atoms with Crippen LogP contribution in [0.15, 0.2) is 39.5 Å². The van der Waals surface area contributed by atoms with Gasteiger partial charge in [0.15, 0.2) is 11.8 Å². The van der Waals surface area contributed by atoms with Gasteiger partial charge in [-0.1, -0.05) is 17.4 Å². The predicted molar refractivity (Wildman–Crippen MR) is 75.4 cm³/mol. The first-order chi connectivity index (χ1) is 10.3. The molecule has 1 aromatic rings. The Morgan fingerprint density at radius 3 is 1.78 bits per heavy atom. The highest BCUT2D eigenvalue weighted by Crippen LogP contribution is 2.24. The summed E-state index contributed by atoms with van der Waals surface area (Å²) >= 11 is 0. The van der Waals surface area contributed by atoms with Gasteiger partial charge in [0, 0.05) is 0 Å². The van der Waals surface area contributed by atoms with Crippen LogP contribution in [-0.2, 0) is 30.4 Å². The molecule has 1 rings (SSSR count). The van der Waals surface area contributed by atoms with E-state index in [9.17, 15) is 25.3 Å². The van der Waals surface area contributed by atoms with Gasteiger partial charge in [0.05, 0.1) is 0 Å². The fourth-order valence-electron chi connectivity index (χ4n) is 1.33. The molecule has 1 aromatic carbocycles. The van der Waals surface area contributed by atoms with Gasteiger partial charge in [-0.15, -0.1) is 5.11 Å². The Morgan fingerprint density at radius 2 is 1.35 bits per heavy atom. The molecule has 15 heteroatoms. The average molecular weight is 389 g/mol. The molecule has 0 atom stereocenters. The molecule has 0 saturated heterocycles. The van der Waals surface area contributed by atoms with E-state index in [-0.39, 0.29) is 5.01 Å². The van der Waals surface area contributed by atoms with Gasteiger partial charge in [-0.2, -0.15) is 25.3 Å². The van der Waals surface area contributed by atoms with Crippen molar-refractivity contribution >= 4 is 36.0 Å². The molecule has 0 saturated carbocycles. The van der Waals surface area contributed by atoms with E-state index in [4.69, 9.17) is 13.7 Å². The van der Waals surface area contributed by atoms with Crippen molar-refractivity contribution in [3.63, 3.8) is 0 Å². The number of benzene rings is 1. The molecule has 0 radical (unpaired) electrons. The van der Waals surface area contributed by atoms with E-state index in [1.165, 1.54) is 12.1 Å². The lowest BCUT2D eigenvalue weighted by Crippen LogP contribution is -2.29. The average Bonchev–Trinajstić information content (AvgIpc) is 2.31. The molecule has 0 amide bonds. The van der Waals surface area contributed by atoms with E-state index >= 15 is 0 Å². The maximum atomic E-state index is 11.1. The quantitative estimate of drug-likeness (QED) is 0.323. The summed E-state index contributed by atoms with van der Waals surface area (Å²) in [7, 11) is -14.1. The van der Waals surface area contributed by atoms with Crippen LogP contribution in [0.2, 0.25) is 0 Å². The van der Waals surface area contributed by atoms with E-state index in [0.29, 0.717) is 0 Å². The minimum atomic E-state index is -4.71. The zero-order chi connectivity index (χ0) is 17.9. The number of hydrogen-bond acceptors (Lipinski definition) is 8. The topological polar surface area (TPSA) is 191 Å². The minimum absolute atomic E-state index is 0.158.